The van der Waals surface area contributed by atoms with Gasteiger partial charge in [-0.3, -0.25) is 0 Å². The van der Waals surface area contributed by atoms with Crippen LogP contribution in [0.2, 0.25) is 0 Å². The number of alkyl halides is 1. The van der Waals surface area contributed by atoms with Crippen LogP contribution in [0.25, 0.3) is 11.3 Å². The molecule has 0 bridgehead atoms. The largest absolute Gasteiger partial charge is 0.368 e. The highest BCUT2D eigenvalue weighted by molar-refractivity contribution is 5.77. The van der Waals surface area contributed by atoms with Gasteiger partial charge in [0.05, 0.1) is 0 Å². The Kier molecular flexibility index (Phi) is 10.3. The zero-order valence-corrected chi connectivity index (χ0v) is 23.3. The van der Waals surface area contributed by atoms with Crippen LogP contribution in [-0.4, -0.2) is 47.7 Å². The summed E-state index contributed by atoms with van der Waals surface area (Å²) < 4.78 is 43.5. The molecule has 2 heterocycles. The van der Waals surface area contributed by atoms with Gasteiger partial charge in [0.2, 0.25) is 0 Å². The van der Waals surface area contributed by atoms with Crippen molar-refractivity contribution in [1.82, 2.24) is 9.80 Å². The van der Waals surface area contributed by atoms with E-state index in [0.29, 0.717) is 40.9 Å². The van der Waals surface area contributed by atoms with Gasteiger partial charge in [0.15, 0.2) is 0 Å². The molecule has 2 aliphatic rings. The van der Waals surface area contributed by atoms with Gasteiger partial charge < -0.3 is 9.80 Å². The number of hydrogen-bond acceptors (Lipinski definition) is 2. The molecule has 1 unspecified atom stereocenters. The fourth-order valence-electron chi connectivity index (χ4n) is 5.74. The summed E-state index contributed by atoms with van der Waals surface area (Å²) in [5.41, 5.74) is 1.83. The highest BCUT2D eigenvalue weighted by Gasteiger charge is 2.26. The number of benzene rings is 1. The van der Waals surface area contributed by atoms with Crippen LogP contribution in [0, 0.1) is 11.7 Å². The molecule has 0 amide bonds. The van der Waals surface area contributed by atoms with Crippen LogP contribution in [0.5, 0.6) is 0 Å². The Labute approximate surface area is 222 Å². The molecule has 1 atom stereocenters. The smallest absolute Gasteiger partial charge is 0.133 e. The molecule has 0 radical (unpaired) electrons. The van der Waals surface area contributed by atoms with E-state index in [1.165, 1.54) is 13.0 Å². The topological polar surface area (TPSA) is 6.48 Å². The van der Waals surface area contributed by atoms with Crippen molar-refractivity contribution < 1.29 is 13.2 Å². The third-order valence-electron chi connectivity index (χ3n) is 7.82. The molecule has 2 nitrogen and oxygen atoms in total. The van der Waals surface area contributed by atoms with Gasteiger partial charge in [0, 0.05) is 36.0 Å². The van der Waals surface area contributed by atoms with Crippen LogP contribution < -0.4 is 0 Å². The second-order valence-electron chi connectivity index (χ2n) is 11.5. The van der Waals surface area contributed by atoms with Crippen molar-refractivity contribution in [2.24, 2.45) is 5.92 Å². The van der Waals surface area contributed by atoms with Crippen molar-refractivity contribution in [2.45, 2.75) is 84.4 Å². The maximum Gasteiger partial charge on any atom is 0.133 e. The molecule has 2 saturated heterocycles. The molecule has 1 aromatic rings. The Bertz CT molecular complexity index is 1010. The van der Waals surface area contributed by atoms with Crippen molar-refractivity contribution in [2.75, 3.05) is 26.2 Å². The molecule has 3 rings (SSSR count). The van der Waals surface area contributed by atoms with Crippen molar-refractivity contribution in [3.8, 4) is 0 Å². The molecule has 0 aromatic heterocycles. The van der Waals surface area contributed by atoms with Gasteiger partial charge in [-0.1, -0.05) is 43.9 Å². The van der Waals surface area contributed by atoms with Crippen molar-refractivity contribution in [3.05, 3.63) is 71.9 Å². The molecule has 0 N–H and O–H groups in total. The zero-order valence-electron chi connectivity index (χ0n) is 23.3. The predicted molar refractivity (Wildman–Crippen MR) is 151 cm³/mol. The molecule has 204 valence electrons. The van der Waals surface area contributed by atoms with Crippen LogP contribution in [0.1, 0.15) is 83.8 Å². The zero-order chi connectivity index (χ0) is 27.2. The van der Waals surface area contributed by atoms with E-state index in [4.69, 9.17) is 0 Å². The van der Waals surface area contributed by atoms with E-state index in [1.807, 2.05) is 6.08 Å². The van der Waals surface area contributed by atoms with E-state index in [2.05, 4.69) is 29.9 Å². The van der Waals surface area contributed by atoms with Gasteiger partial charge in [0.25, 0.3) is 0 Å². The van der Waals surface area contributed by atoms with E-state index >= 15 is 4.39 Å². The minimum atomic E-state index is -1.16. The molecule has 0 spiro atoms. The first-order valence-electron chi connectivity index (χ1n) is 13.9. The lowest BCUT2D eigenvalue weighted by Gasteiger charge is -2.34. The number of nitrogens with zero attached hydrogens (tertiary/aromatic N) is 2. The molecule has 0 aliphatic carbocycles. The summed E-state index contributed by atoms with van der Waals surface area (Å²) >= 11 is 0. The summed E-state index contributed by atoms with van der Waals surface area (Å²) in [5.74, 6) is -0.138. The van der Waals surface area contributed by atoms with Gasteiger partial charge in [0.1, 0.15) is 17.3 Å². The second-order valence-corrected chi connectivity index (χ2v) is 11.5. The summed E-state index contributed by atoms with van der Waals surface area (Å²) in [6, 6.07) is 5.31. The minimum absolute atomic E-state index is 0.358. The SMILES string of the molecule is C=C(/C=C\C(=C(/C)F)c1ccc(C(=C)N2CCCC2CC)c(F)c1)CCC1CCN(CC(C)(C)F)CC1. The van der Waals surface area contributed by atoms with Crippen molar-refractivity contribution in [1.29, 1.82) is 0 Å². The Balaban J connectivity index is 1.57. The number of piperidine rings is 1. The van der Waals surface area contributed by atoms with Crippen LogP contribution in [-0.2, 0) is 0 Å². The molecule has 2 aliphatic heterocycles. The molecule has 0 saturated carbocycles. The standard InChI is InChI=1S/C32H45F3N2/c1-7-28-9-8-18-37(28)25(4)30-15-13-27(21-31(30)34)29(24(3)33)14-11-23(2)10-12-26-16-19-36(20-17-26)22-32(5,6)35/h11,13-15,21,26,28H,2,4,7-10,12,16-20,22H2,1,3,5-6H3/b14-11-,29-24-. The van der Waals surface area contributed by atoms with E-state index < -0.39 is 5.67 Å². The highest BCUT2D eigenvalue weighted by Crippen LogP contribution is 2.32. The Morgan fingerprint density at radius 3 is 2.41 bits per heavy atom. The van der Waals surface area contributed by atoms with Crippen molar-refractivity contribution in [3.63, 3.8) is 0 Å². The van der Waals surface area contributed by atoms with Crippen LogP contribution in [0.3, 0.4) is 0 Å². The summed E-state index contributed by atoms with van der Waals surface area (Å²) in [7, 11) is 0. The number of hydrogen-bond donors (Lipinski definition) is 0. The Hall–Kier alpha value is -2.27. The fraction of sp³-hybridized carbons (Fsp3) is 0.562. The lowest BCUT2D eigenvalue weighted by Crippen LogP contribution is -2.41. The lowest BCUT2D eigenvalue weighted by molar-refractivity contribution is 0.0943. The number of allylic oxidation sites excluding steroid dienone is 5. The summed E-state index contributed by atoms with van der Waals surface area (Å²) in [4.78, 5) is 4.41. The number of likely N-dealkylation sites (tertiary alicyclic amines) is 2. The first kappa shape index (κ1) is 29.3. The molecular weight excluding hydrogens is 469 g/mol. The van der Waals surface area contributed by atoms with Gasteiger partial charge >= 0.3 is 0 Å². The normalized spacial score (nSPS) is 20.5. The van der Waals surface area contributed by atoms with Crippen LogP contribution in [0.4, 0.5) is 13.2 Å². The van der Waals surface area contributed by atoms with E-state index in [-0.39, 0.29) is 11.6 Å². The monoisotopic (exact) mass is 514 g/mol. The first-order valence-corrected chi connectivity index (χ1v) is 13.9. The number of halogens is 3. The third kappa shape index (κ3) is 8.36. The maximum absolute atomic E-state index is 15.2. The van der Waals surface area contributed by atoms with E-state index in [9.17, 15) is 8.78 Å². The van der Waals surface area contributed by atoms with Crippen LogP contribution in [0.15, 0.2) is 54.9 Å². The highest BCUT2D eigenvalue weighted by atomic mass is 19.1. The molecule has 2 fully saturated rings. The lowest BCUT2D eigenvalue weighted by atomic mass is 9.90. The van der Waals surface area contributed by atoms with Crippen LogP contribution >= 0.6 is 0 Å². The van der Waals surface area contributed by atoms with E-state index in [0.717, 1.165) is 70.2 Å². The molecule has 37 heavy (non-hydrogen) atoms. The number of rotatable bonds is 11. The fourth-order valence-corrected chi connectivity index (χ4v) is 5.74. The summed E-state index contributed by atoms with van der Waals surface area (Å²) in [6.45, 7) is 18.4. The summed E-state index contributed by atoms with van der Waals surface area (Å²) in [6.07, 6.45) is 10.7. The van der Waals surface area contributed by atoms with Gasteiger partial charge in [-0.25, -0.2) is 13.2 Å². The maximum atomic E-state index is 15.2. The molecule has 1 aromatic carbocycles. The quantitative estimate of drug-likeness (QED) is 0.272. The average Bonchev–Trinajstić information content (AvgIpc) is 3.31. The molecular formula is C32H45F3N2. The first-order chi connectivity index (χ1) is 17.5. The van der Waals surface area contributed by atoms with Crippen molar-refractivity contribution >= 4 is 11.3 Å². The van der Waals surface area contributed by atoms with E-state index in [1.54, 1.807) is 32.1 Å². The Morgan fingerprint density at radius 2 is 1.81 bits per heavy atom. The van der Waals surface area contributed by atoms with Gasteiger partial charge in [-0.05, 0) is 102 Å². The van der Waals surface area contributed by atoms with Gasteiger partial charge in [-0.15, -0.1) is 0 Å². The third-order valence-corrected chi connectivity index (χ3v) is 7.82. The minimum Gasteiger partial charge on any atom is -0.368 e. The second kappa shape index (κ2) is 13.0. The summed E-state index contributed by atoms with van der Waals surface area (Å²) in [5, 5.41) is 0. The van der Waals surface area contributed by atoms with Gasteiger partial charge in [-0.2, -0.15) is 0 Å². The Morgan fingerprint density at radius 1 is 1.11 bits per heavy atom. The average molecular weight is 515 g/mol. The predicted octanol–water partition coefficient (Wildman–Crippen LogP) is 8.72. The molecule has 5 heteroatoms.